The Kier molecular flexibility index (Phi) is 6.07. The van der Waals surface area contributed by atoms with Crippen LogP contribution >= 0.6 is 0 Å². The zero-order valence-electron chi connectivity index (χ0n) is 14.5. The summed E-state index contributed by atoms with van der Waals surface area (Å²) in [5.41, 5.74) is 2.76. The summed E-state index contributed by atoms with van der Waals surface area (Å²) in [7, 11) is 3.09. The molecule has 128 valence electrons. The highest BCUT2D eigenvalue weighted by molar-refractivity contribution is 5.97. The minimum atomic E-state index is -0.210. The highest BCUT2D eigenvalue weighted by atomic mass is 16.5. The first-order valence-electron chi connectivity index (χ1n) is 7.75. The van der Waals surface area contributed by atoms with Crippen LogP contribution in [0.3, 0.4) is 0 Å². The monoisotopic (exact) mass is 329 g/mol. The smallest absolute Gasteiger partial charge is 0.255 e. The number of ether oxygens (including phenoxy) is 3. The van der Waals surface area contributed by atoms with Crippen LogP contribution in [0.4, 0.5) is 0 Å². The summed E-state index contributed by atoms with van der Waals surface area (Å²) in [5.74, 6) is 1.71. The Bertz CT molecular complexity index is 692. The Labute approximate surface area is 142 Å². The van der Waals surface area contributed by atoms with Gasteiger partial charge in [-0.3, -0.25) is 4.79 Å². The van der Waals surface area contributed by atoms with Gasteiger partial charge < -0.3 is 19.5 Å². The lowest BCUT2D eigenvalue weighted by Gasteiger charge is -2.12. The van der Waals surface area contributed by atoms with Crippen molar-refractivity contribution in [2.24, 2.45) is 0 Å². The highest BCUT2D eigenvalue weighted by Crippen LogP contribution is 2.24. The average molecular weight is 329 g/mol. The molecule has 1 N–H and O–H groups in total. The summed E-state index contributed by atoms with van der Waals surface area (Å²) in [4.78, 5) is 12.3. The van der Waals surface area contributed by atoms with Crippen LogP contribution in [-0.4, -0.2) is 33.3 Å². The number of methoxy groups -OCH3 is 2. The van der Waals surface area contributed by atoms with E-state index < -0.39 is 0 Å². The number of hydrogen-bond acceptors (Lipinski definition) is 4. The van der Waals surface area contributed by atoms with E-state index >= 15 is 0 Å². The molecule has 5 nitrogen and oxygen atoms in total. The maximum Gasteiger partial charge on any atom is 0.255 e. The minimum Gasteiger partial charge on any atom is -0.497 e. The van der Waals surface area contributed by atoms with E-state index in [0.29, 0.717) is 30.2 Å². The normalized spacial score (nSPS) is 10.2. The van der Waals surface area contributed by atoms with Gasteiger partial charge >= 0.3 is 0 Å². The average Bonchev–Trinajstić information content (AvgIpc) is 2.57. The standard InChI is InChI=1S/C19H23NO4/c1-13-9-14(2)11-16(10-13)24-8-7-20-19(21)17-6-5-15(22-3)12-18(17)23-4/h5-6,9-12H,7-8H2,1-4H3,(H,20,21). The van der Waals surface area contributed by atoms with Crippen LogP contribution in [-0.2, 0) is 0 Å². The van der Waals surface area contributed by atoms with Crippen molar-refractivity contribution in [3.63, 3.8) is 0 Å². The molecule has 0 saturated heterocycles. The molecule has 2 aromatic rings. The van der Waals surface area contributed by atoms with Crippen LogP contribution in [0.15, 0.2) is 36.4 Å². The van der Waals surface area contributed by atoms with Gasteiger partial charge in [-0.2, -0.15) is 0 Å². The predicted octanol–water partition coefficient (Wildman–Crippen LogP) is 3.13. The number of rotatable bonds is 7. The van der Waals surface area contributed by atoms with Crippen molar-refractivity contribution in [3.05, 3.63) is 53.1 Å². The summed E-state index contributed by atoms with van der Waals surface area (Å²) in [5, 5.41) is 2.83. The number of benzene rings is 2. The molecule has 0 aliphatic heterocycles. The quantitative estimate of drug-likeness (QED) is 0.793. The third kappa shape index (κ3) is 4.65. The Morgan fingerprint density at radius 1 is 0.958 bits per heavy atom. The van der Waals surface area contributed by atoms with E-state index in [1.807, 2.05) is 26.0 Å². The van der Waals surface area contributed by atoms with Crippen LogP contribution < -0.4 is 19.5 Å². The molecule has 0 radical (unpaired) electrons. The van der Waals surface area contributed by atoms with Gasteiger partial charge in [0.2, 0.25) is 0 Å². The molecule has 2 rings (SSSR count). The van der Waals surface area contributed by atoms with Gasteiger partial charge in [0.25, 0.3) is 5.91 Å². The minimum absolute atomic E-state index is 0.210. The fraction of sp³-hybridized carbons (Fsp3) is 0.316. The topological polar surface area (TPSA) is 56.8 Å². The molecular formula is C19H23NO4. The number of amides is 1. The molecule has 0 fully saturated rings. The first-order valence-corrected chi connectivity index (χ1v) is 7.75. The SMILES string of the molecule is COc1ccc(C(=O)NCCOc2cc(C)cc(C)c2)c(OC)c1. The molecule has 0 atom stereocenters. The van der Waals surface area contributed by atoms with Crippen LogP contribution in [0.1, 0.15) is 21.5 Å². The van der Waals surface area contributed by atoms with Crippen molar-refractivity contribution >= 4 is 5.91 Å². The third-order valence-corrected chi connectivity index (χ3v) is 3.50. The van der Waals surface area contributed by atoms with Gasteiger partial charge in [0.05, 0.1) is 26.3 Å². The molecule has 0 unspecified atom stereocenters. The van der Waals surface area contributed by atoms with Crippen LogP contribution in [0.2, 0.25) is 0 Å². The molecule has 0 aromatic heterocycles. The highest BCUT2D eigenvalue weighted by Gasteiger charge is 2.12. The van der Waals surface area contributed by atoms with Gasteiger partial charge in [-0.25, -0.2) is 0 Å². The Balaban J connectivity index is 1.89. The lowest BCUT2D eigenvalue weighted by Crippen LogP contribution is -2.28. The first-order chi connectivity index (χ1) is 11.5. The van der Waals surface area contributed by atoms with Gasteiger partial charge in [-0.1, -0.05) is 6.07 Å². The second-order valence-corrected chi connectivity index (χ2v) is 5.49. The maximum absolute atomic E-state index is 12.3. The van der Waals surface area contributed by atoms with E-state index in [1.54, 1.807) is 25.3 Å². The largest absolute Gasteiger partial charge is 0.497 e. The van der Waals surface area contributed by atoms with Crippen molar-refractivity contribution in [1.82, 2.24) is 5.32 Å². The van der Waals surface area contributed by atoms with Gasteiger partial charge in [0, 0.05) is 6.07 Å². The van der Waals surface area contributed by atoms with E-state index in [-0.39, 0.29) is 5.91 Å². The van der Waals surface area contributed by atoms with E-state index in [0.717, 1.165) is 16.9 Å². The molecule has 2 aromatic carbocycles. The first kappa shape index (κ1) is 17.7. The zero-order valence-corrected chi connectivity index (χ0v) is 14.5. The van der Waals surface area contributed by atoms with Gasteiger partial charge in [0.1, 0.15) is 23.9 Å². The van der Waals surface area contributed by atoms with Crippen LogP contribution in [0.25, 0.3) is 0 Å². The Hall–Kier alpha value is -2.69. The number of carbonyl (C=O) groups excluding carboxylic acids is 1. The van der Waals surface area contributed by atoms with E-state index in [4.69, 9.17) is 14.2 Å². The number of nitrogens with one attached hydrogen (secondary N) is 1. The summed E-state index contributed by atoms with van der Waals surface area (Å²) in [6.07, 6.45) is 0. The van der Waals surface area contributed by atoms with Crippen LogP contribution in [0, 0.1) is 13.8 Å². The molecule has 0 bridgehead atoms. The number of carbonyl (C=O) groups is 1. The molecule has 5 heteroatoms. The summed E-state index contributed by atoms with van der Waals surface area (Å²) >= 11 is 0. The molecule has 0 spiro atoms. The van der Waals surface area contributed by atoms with Crippen LogP contribution in [0.5, 0.6) is 17.2 Å². The molecule has 0 aliphatic rings. The molecule has 1 amide bonds. The van der Waals surface area contributed by atoms with Gasteiger partial charge in [0.15, 0.2) is 0 Å². The van der Waals surface area contributed by atoms with Crippen molar-refractivity contribution in [3.8, 4) is 17.2 Å². The van der Waals surface area contributed by atoms with E-state index in [1.165, 1.54) is 7.11 Å². The zero-order chi connectivity index (χ0) is 17.5. The van der Waals surface area contributed by atoms with Crippen molar-refractivity contribution in [2.75, 3.05) is 27.4 Å². The molecule has 0 saturated carbocycles. The molecule has 24 heavy (non-hydrogen) atoms. The second kappa shape index (κ2) is 8.24. The van der Waals surface area contributed by atoms with Crippen molar-refractivity contribution < 1.29 is 19.0 Å². The Morgan fingerprint density at radius 3 is 2.29 bits per heavy atom. The summed E-state index contributed by atoms with van der Waals surface area (Å²) < 4.78 is 16.0. The lowest BCUT2D eigenvalue weighted by molar-refractivity contribution is 0.0944. The van der Waals surface area contributed by atoms with E-state index in [9.17, 15) is 4.79 Å². The molecule has 0 heterocycles. The fourth-order valence-electron chi connectivity index (χ4n) is 2.43. The molecule has 0 aliphatic carbocycles. The van der Waals surface area contributed by atoms with Crippen molar-refractivity contribution in [2.45, 2.75) is 13.8 Å². The molecular weight excluding hydrogens is 306 g/mol. The van der Waals surface area contributed by atoms with Gasteiger partial charge in [-0.15, -0.1) is 0 Å². The predicted molar refractivity (Wildman–Crippen MR) is 93.3 cm³/mol. The van der Waals surface area contributed by atoms with Gasteiger partial charge in [-0.05, 0) is 49.2 Å². The Morgan fingerprint density at radius 2 is 1.67 bits per heavy atom. The summed E-state index contributed by atoms with van der Waals surface area (Å²) in [6, 6.07) is 11.1. The summed E-state index contributed by atoms with van der Waals surface area (Å²) in [6.45, 7) is 4.85. The fourth-order valence-corrected chi connectivity index (χ4v) is 2.43. The second-order valence-electron chi connectivity index (χ2n) is 5.49. The number of hydrogen-bond donors (Lipinski definition) is 1. The maximum atomic E-state index is 12.3. The third-order valence-electron chi connectivity index (χ3n) is 3.50. The number of aryl methyl sites for hydroxylation is 2. The van der Waals surface area contributed by atoms with E-state index in [2.05, 4.69) is 11.4 Å². The lowest BCUT2D eigenvalue weighted by atomic mass is 10.1. The van der Waals surface area contributed by atoms with Crippen molar-refractivity contribution in [1.29, 1.82) is 0 Å².